The van der Waals surface area contributed by atoms with Gasteiger partial charge in [-0.05, 0) is 18.3 Å². The number of halogens is 1. The first-order valence-electron chi connectivity index (χ1n) is 4.64. The molecule has 0 radical (unpaired) electrons. The molecule has 80 valence electrons. The molecule has 0 aliphatic heterocycles. The van der Waals surface area contributed by atoms with Gasteiger partial charge in [-0.1, -0.05) is 18.2 Å². The predicted octanol–water partition coefficient (Wildman–Crippen LogP) is 2.80. The standard InChI is InChI=1S/C11H8FN3S/c12-10-4-2-1-3-9(10)7-15-6-5-11(14-15)13-8-16/h1-6H,7H2. The molecule has 0 atom stereocenters. The Kier molecular flexibility index (Phi) is 3.19. The summed E-state index contributed by atoms with van der Waals surface area (Å²) in [6.07, 6.45) is 1.72. The predicted molar refractivity (Wildman–Crippen MR) is 62.4 cm³/mol. The molecule has 1 heterocycles. The molecule has 0 fully saturated rings. The van der Waals surface area contributed by atoms with E-state index in [0.717, 1.165) is 0 Å². The molecular formula is C11H8FN3S. The molecule has 5 heteroatoms. The second kappa shape index (κ2) is 4.79. The summed E-state index contributed by atoms with van der Waals surface area (Å²) in [7, 11) is 0. The van der Waals surface area contributed by atoms with Crippen molar-refractivity contribution in [3.63, 3.8) is 0 Å². The van der Waals surface area contributed by atoms with E-state index < -0.39 is 0 Å². The Hall–Kier alpha value is -1.84. The molecule has 0 aliphatic carbocycles. The smallest absolute Gasteiger partial charge is 0.184 e. The van der Waals surface area contributed by atoms with Crippen LogP contribution in [0.1, 0.15) is 5.56 Å². The molecular weight excluding hydrogens is 225 g/mol. The second-order valence-electron chi connectivity index (χ2n) is 3.17. The number of thiocarbonyl (C=S) groups is 1. The Morgan fingerprint density at radius 1 is 1.38 bits per heavy atom. The zero-order chi connectivity index (χ0) is 11.4. The average Bonchev–Trinajstić information content (AvgIpc) is 2.70. The van der Waals surface area contributed by atoms with Crippen molar-refractivity contribution in [1.29, 1.82) is 0 Å². The summed E-state index contributed by atoms with van der Waals surface area (Å²) < 4.78 is 14.9. The summed E-state index contributed by atoms with van der Waals surface area (Å²) in [5.74, 6) is 0.240. The minimum Gasteiger partial charge on any atom is -0.266 e. The van der Waals surface area contributed by atoms with Crippen molar-refractivity contribution >= 4 is 23.2 Å². The van der Waals surface area contributed by atoms with E-state index >= 15 is 0 Å². The fourth-order valence-corrected chi connectivity index (χ4v) is 1.44. The fourth-order valence-electron chi connectivity index (χ4n) is 1.35. The molecule has 0 saturated heterocycles. The van der Waals surface area contributed by atoms with E-state index in [9.17, 15) is 4.39 Å². The van der Waals surface area contributed by atoms with Gasteiger partial charge in [0.05, 0.1) is 11.7 Å². The van der Waals surface area contributed by atoms with Crippen molar-refractivity contribution in [3.05, 3.63) is 47.9 Å². The number of rotatable bonds is 3. The number of benzene rings is 1. The molecule has 0 amide bonds. The summed E-state index contributed by atoms with van der Waals surface area (Å²) >= 11 is 4.47. The molecule has 16 heavy (non-hydrogen) atoms. The van der Waals surface area contributed by atoms with Gasteiger partial charge in [-0.3, -0.25) is 4.68 Å². The van der Waals surface area contributed by atoms with Gasteiger partial charge in [-0.2, -0.15) is 10.1 Å². The van der Waals surface area contributed by atoms with Gasteiger partial charge in [0.15, 0.2) is 5.82 Å². The normalized spacial score (nSPS) is 9.81. The van der Waals surface area contributed by atoms with Gasteiger partial charge in [-0.15, -0.1) is 0 Å². The van der Waals surface area contributed by atoms with Crippen molar-refractivity contribution in [2.45, 2.75) is 6.54 Å². The number of hydrogen-bond donors (Lipinski definition) is 0. The third kappa shape index (κ3) is 2.39. The lowest BCUT2D eigenvalue weighted by Gasteiger charge is -2.02. The van der Waals surface area contributed by atoms with Crippen LogP contribution in [-0.2, 0) is 6.54 Å². The Morgan fingerprint density at radius 2 is 2.19 bits per heavy atom. The van der Waals surface area contributed by atoms with E-state index in [2.05, 4.69) is 27.5 Å². The molecule has 2 aromatic rings. The lowest BCUT2D eigenvalue weighted by atomic mass is 10.2. The van der Waals surface area contributed by atoms with Crippen molar-refractivity contribution in [1.82, 2.24) is 9.78 Å². The molecule has 3 nitrogen and oxygen atoms in total. The molecule has 1 aromatic carbocycles. The fraction of sp³-hybridized carbons (Fsp3) is 0.0909. The van der Waals surface area contributed by atoms with Crippen LogP contribution in [0, 0.1) is 5.82 Å². The minimum atomic E-state index is -0.238. The highest BCUT2D eigenvalue weighted by Gasteiger charge is 2.02. The SMILES string of the molecule is Fc1ccccc1Cn1ccc(N=C=S)n1. The Bertz CT molecular complexity index is 544. The van der Waals surface area contributed by atoms with Crippen LogP contribution in [0.5, 0.6) is 0 Å². The zero-order valence-corrected chi connectivity index (χ0v) is 9.12. The molecule has 0 saturated carbocycles. The number of aromatic nitrogens is 2. The van der Waals surface area contributed by atoms with Gasteiger partial charge in [0, 0.05) is 17.8 Å². The molecule has 0 aliphatic rings. The third-order valence-corrected chi connectivity index (χ3v) is 2.17. The van der Waals surface area contributed by atoms with E-state index in [4.69, 9.17) is 0 Å². The highest BCUT2D eigenvalue weighted by Crippen LogP contribution is 2.11. The summed E-state index contributed by atoms with van der Waals surface area (Å²) in [5, 5.41) is 6.32. The van der Waals surface area contributed by atoms with E-state index in [1.807, 2.05) is 0 Å². The van der Waals surface area contributed by atoms with Gasteiger partial charge in [0.2, 0.25) is 0 Å². The number of isothiocyanates is 1. The van der Waals surface area contributed by atoms with E-state index in [1.54, 1.807) is 35.1 Å². The quantitative estimate of drug-likeness (QED) is 0.602. The van der Waals surface area contributed by atoms with Crippen molar-refractivity contribution in [2.24, 2.45) is 4.99 Å². The van der Waals surface area contributed by atoms with Crippen molar-refractivity contribution in [3.8, 4) is 0 Å². The zero-order valence-electron chi connectivity index (χ0n) is 8.30. The Labute approximate surface area is 97.2 Å². The molecule has 0 bridgehead atoms. The topological polar surface area (TPSA) is 30.2 Å². The van der Waals surface area contributed by atoms with Crippen molar-refractivity contribution in [2.75, 3.05) is 0 Å². The van der Waals surface area contributed by atoms with Crippen LogP contribution in [0.15, 0.2) is 41.5 Å². The second-order valence-corrected chi connectivity index (χ2v) is 3.35. The van der Waals surface area contributed by atoms with Gasteiger partial charge >= 0.3 is 0 Å². The van der Waals surface area contributed by atoms with Crippen LogP contribution in [0.25, 0.3) is 0 Å². The number of hydrogen-bond acceptors (Lipinski definition) is 3. The summed E-state index contributed by atoms with van der Waals surface area (Å²) in [6, 6.07) is 8.29. The van der Waals surface area contributed by atoms with Gasteiger partial charge < -0.3 is 0 Å². The molecule has 0 N–H and O–H groups in total. The largest absolute Gasteiger partial charge is 0.266 e. The van der Waals surface area contributed by atoms with Crippen LogP contribution >= 0.6 is 12.2 Å². The van der Waals surface area contributed by atoms with Gasteiger partial charge in [-0.25, -0.2) is 4.39 Å². The van der Waals surface area contributed by atoms with Gasteiger partial charge in [0.1, 0.15) is 5.82 Å². The van der Waals surface area contributed by atoms with Crippen LogP contribution in [0.2, 0.25) is 0 Å². The number of nitrogens with zero attached hydrogens (tertiary/aromatic N) is 3. The van der Waals surface area contributed by atoms with E-state index in [-0.39, 0.29) is 5.82 Å². The lowest BCUT2D eigenvalue weighted by Crippen LogP contribution is -2.01. The number of aliphatic imine (C=N–C) groups is 1. The first-order valence-corrected chi connectivity index (χ1v) is 5.05. The highest BCUT2D eigenvalue weighted by atomic mass is 32.1. The molecule has 2 rings (SSSR count). The van der Waals surface area contributed by atoms with Crippen LogP contribution in [0.4, 0.5) is 10.2 Å². The maximum Gasteiger partial charge on any atom is 0.184 e. The molecule has 0 unspecified atom stereocenters. The summed E-state index contributed by atoms with van der Waals surface area (Å²) in [5.41, 5.74) is 0.587. The Balaban J connectivity index is 2.21. The molecule has 1 aromatic heterocycles. The summed E-state index contributed by atoms with van der Waals surface area (Å²) in [6.45, 7) is 0.375. The molecule has 0 spiro atoms. The minimum absolute atomic E-state index is 0.238. The summed E-state index contributed by atoms with van der Waals surface area (Å²) in [4.78, 5) is 3.73. The maximum atomic E-state index is 13.3. The average molecular weight is 233 g/mol. The van der Waals surface area contributed by atoms with E-state index in [0.29, 0.717) is 17.9 Å². The lowest BCUT2D eigenvalue weighted by molar-refractivity contribution is 0.585. The van der Waals surface area contributed by atoms with E-state index in [1.165, 1.54) is 6.07 Å². The van der Waals surface area contributed by atoms with Crippen LogP contribution in [0.3, 0.4) is 0 Å². The monoisotopic (exact) mass is 233 g/mol. The maximum absolute atomic E-state index is 13.3. The Morgan fingerprint density at radius 3 is 2.94 bits per heavy atom. The van der Waals surface area contributed by atoms with Crippen molar-refractivity contribution < 1.29 is 4.39 Å². The first kappa shape index (κ1) is 10.7. The van der Waals surface area contributed by atoms with Crippen LogP contribution < -0.4 is 0 Å². The first-order chi connectivity index (χ1) is 7.79. The third-order valence-electron chi connectivity index (χ3n) is 2.08. The van der Waals surface area contributed by atoms with Crippen LogP contribution in [-0.4, -0.2) is 14.9 Å². The van der Waals surface area contributed by atoms with Gasteiger partial charge in [0.25, 0.3) is 0 Å². The highest BCUT2D eigenvalue weighted by molar-refractivity contribution is 7.78.